The van der Waals surface area contributed by atoms with Crippen LogP contribution in [0.2, 0.25) is 5.02 Å². The number of carbonyl (C=O) groups is 1. The van der Waals surface area contributed by atoms with Gasteiger partial charge < -0.3 is 5.11 Å². The largest absolute Gasteiger partial charge is 0.478 e. The summed E-state index contributed by atoms with van der Waals surface area (Å²) in [7, 11) is 0. The second-order valence-electron chi connectivity index (χ2n) is 3.75. The summed E-state index contributed by atoms with van der Waals surface area (Å²) in [5.41, 5.74) is 0.384. The molecule has 1 heterocycles. The Balaban J connectivity index is 2.67. The third-order valence-electron chi connectivity index (χ3n) is 2.56. The van der Waals surface area contributed by atoms with Crippen molar-refractivity contribution in [3.05, 3.63) is 57.5 Å². The molecule has 0 bridgehead atoms. The molecule has 0 aliphatic carbocycles. The van der Waals surface area contributed by atoms with Crippen LogP contribution in [-0.4, -0.2) is 21.9 Å². The lowest BCUT2D eigenvalue weighted by atomic mass is 10.2. The molecule has 0 atom stereocenters. The van der Waals surface area contributed by atoms with Gasteiger partial charge in [0.2, 0.25) is 0 Å². The molecule has 0 aliphatic rings. The Hall–Kier alpha value is -1.72. The smallest absolute Gasteiger partial charge is 0.337 e. The van der Waals surface area contributed by atoms with E-state index in [1.54, 1.807) is 18.2 Å². The Morgan fingerprint density at radius 3 is 2.68 bits per heavy atom. The summed E-state index contributed by atoms with van der Waals surface area (Å²) in [6, 6.07) is 7.62. The number of halogens is 1. The molecule has 0 saturated heterocycles. The van der Waals surface area contributed by atoms with Crippen LogP contribution in [0.15, 0.2) is 46.2 Å². The number of benzene rings is 1. The Bertz CT molecular complexity index is 697. The average Bonchev–Trinajstić information content (AvgIpc) is 2.39. The van der Waals surface area contributed by atoms with Gasteiger partial charge in [-0.05, 0) is 30.5 Å². The minimum Gasteiger partial charge on any atom is -0.478 e. The maximum absolute atomic E-state index is 11.9. The second-order valence-corrected chi connectivity index (χ2v) is 5.03. The molecule has 0 amide bonds. The van der Waals surface area contributed by atoms with E-state index in [-0.39, 0.29) is 11.1 Å². The molecular weight excluding hydrogens is 286 g/mol. The monoisotopic (exact) mass is 295 g/mol. The number of pyridine rings is 1. The fourth-order valence-electron chi connectivity index (χ4n) is 1.65. The lowest BCUT2D eigenvalue weighted by Crippen LogP contribution is -2.19. The molecule has 4 nitrogen and oxygen atoms in total. The van der Waals surface area contributed by atoms with Gasteiger partial charge in [0, 0.05) is 22.2 Å². The van der Waals surface area contributed by atoms with Gasteiger partial charge in [-0.3, -0.25) is 9.36 Å². The molecule has 2 rings (SSSR count). The fourth-order valence-corrected chi connectivity index (χ4v) is 2.51. The zero-order valence-corrected chi connectivity index (χ0v) is 11.5. The van der Waals surface area contributed by atoms with E-state index in [2.05, 4.69) is 0 Å². The van der Waals surface area contributed by atoms with Crippen molar-refractivity contribution in [2.75, 3.05) is 6.26 Å². The van der Waals surface area contributed by atoms with Gasteiger partial charge in [-0.15, -0.1) is 11.8 Å². The first kappa shape index (κ1) is 13.7. The standard InChI is InChI=1S/C13H10ClNO3S/c1-19-11-6-9(14)3-4-10(11)15-7-8(13(17)18)2-5-12(15)16/h2-7H,1H3,(H,17,18). The molecule has 2 aromatic rings. The van der Waals surface area contributed by atoms with E-state index in [9.17, 15) is 9.59 Å². The first-order chi connectivity index (χ1) is 9.02. The summed E-state index contributed by atoms with van der Waals surface area (Å²) in [6.07, 6.45) is 3.18. The molecule has 0 unspecified atom stereocenters. The Morgan fingerprint density at radius 2 is 2.05 bits per heavy atom. The number of rotatable bonds is 3. The summed E-state index contributed by atoms with van der Waals surface area (Å²) < 4.78 is 1.31. The number of aromatic carboxylic acids is 1. The van der Waals surface area contributed by atoms with E-state index in [1.165, 1.54) is 34.7 Å². The number of hydrogen-bond acceptors (Lipinski definition) is 3. The van der Waals surface area contributed by atoms with Crippen molar-refractivity contribution in [1.29, 1.82) is 0 Å². The Morgan fingerprint density at radius 1 is 1.32 bits per heavy atom. The van der Waals surface area contributed by atoms with Crippen LogP contribution in [0.5, 0.6) is 0 Å². The molecule has 0 fully saturated rings. The van der Waals surface area contributed by atoms with Crippen LogP contribution in [0.4, 0.5) is 0 Å². The minimum atomic E-state index is -1.08. The van der Waals surface area contributed by atoms with Crippen LogP contribution in [0.1, 0.15) is 10.4 Å². The zero-order valence-electron chi connectivity index (χ0n) is 9.96. The summed E-state index contributed by atoms with van der Waals surface area (Å²) in [5, 5.41) is 9.54. The van der Waals surface area contributed by atoms with Crippen LogP contribution in [-0.2, 0) is 0 Å². The van der Waals surface area contributed by atoms with E-state index in [1.807, 2.05) is 6.26 Å². The van der Waals surface area contributed by atoms with Gasteiger partial charge in [-0.1, -0.05) is 11.6 Å². The fraction of sp³-hybridized carbons (Fsp3) is 0.0769. The minimum absolute atomic E-state index is 0.0570. The highest BCUT2D eigenvalue weighted by Gasteiger charge is 2.10. The topological polar surface area (TPSA) is 59.3 Å². The highest BCUT2D eigenvalue weighted by Crippen LogP contribution is 2.26. The van der Waals surface area contributed by atoms with Gasteiger partial charge in [-0.2, -0.15) is 0 Å². The highest BCUT2D eigenvalue weighted by atomic mass is 35.5. The van der Waals surface area contributed by atoms with Crippen molar-refractivity contribution in [2.45, 2.75) is 4.90 Å². The first-order valence-corrected chi connectivity index (χ1v) is 6.93. The number of aromatic nitrogens is 1. The van der Waals surface area contributed by atoms with Crippen molar-refractivity contribution in [3.63, 3.8) is 0 Å². The number of carboxylic acid groups (broad SMARTS) is 1. The van der Waals surface area contributed by atoms with Crippen LogP contribution in [0, 0.1) is 0 Å². The summed E-state index contributed by atoms with van der Waals surface area (Å²) in [6.45, 7) is 0. The quantitative estimate of drug-likeness (QED) is 0.885. The van der Waals surface area contributed by atoms with E-state index in [0.29, 0.717) is 10.7 Å². The molecule has 6 heteroatoms. The molecule has 1 aromatic heterocycles. The molecule has 19 heavy (non-hydrogen) atoms. The number of hydrogen-bond donors (Lipinski definition) is 1. The van der Waals surface area contributed by atoms with Gasteiger partial charge in [0.25, 0.3) is 5.56 Å². The number of carboxylic acids is 1. The van der Waals surface area contributed by atoms with Gasteiger partial charge >= 0.3 is 5.97 Å². The van der Waals surface area contributed by atoms with Gasteiger partial charge in [0.15, 0.2) is 0 Å². The lowest BCUT2D eigenvalue weighted by molar-refractivity contribution is 0.0696. The van der Waals surface area contributed by atoms with Crippen LogP contribution >= 0.6 is 23.4 Å². The lowest BCUT2D eigenvalue weighted by Gasteiger charge is -2.11. The third-order valence-corrected chi connectivity index (χ3v) is 3.56. The number of nitrogens with zero attached hydrogens (tertiary/aromatic N) is 1. The van der Waals surface area contributed by atoms with Crippen LogP contribution in [0.25, 0.3) is 5.69 Å². The molecular formula is C13H10ClNO3S. The highest BCUT2D eigenvalue weighted by molar-refractivity contribution is 7.98. The van der Waals surface area contributed by atoms with E-state index in [0.717, 1.165) is 4.90 Å². The predicted molar refractivity (Wildman–Crippen MR) is 75.8 cm³/mol. The summed E-state index contributed by atoms with van der Waals surface area (Å²) >= 11 is 7.35. The van der Waals surface area contributed by atoms with Crippen LogP contribution in [0.3, 0.4) is 0 Å². The van der Waals surface area contributed by atoms with Crippen LogP contribution < -0.4 is 5.56 Å². The van der Waals surface area contributed by atoms with Crippen molar-refractivity contribution in [1.82, 2.24) is 4.57 Å². The van der Waals surface area contributed by atoms with E-state index >= 15 is 0 Å². The molecule has 0 spiro atoms. The summed E-state index contributed by atoms with van der Waals surface area (Å²) in [5.74, 6) is -1.08. The Labute approximate surface area is 118 Å². The SMILES string of the molecule is CSc1cc(Cl)ccc1-n1cc(C(=O)O)ccc1=O. The zero-order chi connectivity index (χ0) is 14.0. The predicted octanol–water partition coefficient (Wildman–Crippen LogP) is 2.91. The van der Waals surface area contributed by atoms with Crippen molar-refractivity contribution < 1.29 is 9.90 Å². The molecule has 98 valence electrons. The Kier molecular flexibility index (Phi) is 3.97. The van der Waals surface area contributed by atoms with Crippen molar-refractivity contribution >= 4 is 29.3 Å². The third kappa shape index (κ3) is 2.83. The maximum atomic E-state index is 11.9. The molecule has 0 saturated carbocycles. The summed E-state index contributed by atoms with van der Waals surface area (Å²) in [4.78, 5) is 23.6. The maximum Gasteiger partial charge on any atom is 0.337 e. The van der Waals surface area contributed by atoms with Gasteiger partial charge in [0.05, 0.1) is 11.3 Å². The van der Waals surface area contributed by atoms with E-state index < -0.39 is 5.97 Å². The average molecular weight is 296 g/mol. The van der Waals surface area contributed by atoms with E-state index in [4.69, 9.17) is 16.7 Å². The molecule has 1 aromatic carbocycles. The second kappa shape index (κ2) is 5.50. The normalized spacial score (nSPS) is 10.4. The van der Waals surface area contributed by atoms with Gasteiger partial charge in [-0.25, -0.2) is 4.79 Å². The van der Waals surface area contributed by atoms with Gasteiger partial charge in [0.1, 0.15) is 0 Å². The molecule has 1 N–H and O–H groups in total. The number of thioether (sulfide) groups is 1. The first-order valence-electron chi connectivity index (χ1n) is 5.33. The molecule has 0 aliphatic heterocycles. The van der Waals surface area contributed by atoms with Crippen molar-refractivity contribution in [2.24, 2.45) is 0 Å². The molecule has 0 radical (unpaired) electrons. The van der Waals surface area contributed by atoms with Crippen molar-refractivity contribution in [3.8, 4) is 5.69 Å².